The van der Waals surface area contributed by atoms with Crippen molar-refractivity contribution in [1.82, 2.24) is 9.80 Å². The van der Waals surface area contributed by atoms with Crippen LogP contribution in [0.2, 0.25) is 0 Å². The van der Waals surface area contributed by atoms with Gasteiger partial charge in [-0.2, -0.15) is 0 Å². The highest BCUT2D eigenvalue weighted by Gasteiger charge is 2.41. The number of amides is 2. The van der Waals surface area contributed by atoms with E-state index in [1.165, 1.54) is 4.90 Å². The highest BCUT2D eigenvalue weighted by atomic mass is 16.4. The van der Waals surface area contributed by atoms with Crippen LogP contribution in [0.5, 0.6) is 0 Å². The smallest absolute Gasteiger partial charge is 0.326 e. The van der Waals surface area contributed by atoms with E-state index in [2.05, 4.69) is 0 Å². The summed E-state index contributed by atoms with van der Waals surface area (Å²) < 4.78 is 0. The molecule has 102 valence electrons. The van der Waals surface area contributed by atoms with Gasteiger partial charge in [0.05, 0.1) is 6.10 Å². The van der Waals surface area contributed by atoms with Crippen molar-refractivity contribution >= 4 is 12.0 Å². The molecule has 3 unspecified atom stereocenters. The summed E-state index contributed by atoms with van der Waals surface area (Å²) in [6.07, 6.45) is 0.217. The minimum absolute atomic E-state index is 0.0968. The van der Waals surface area contributed by atoms with Crippen molar-refractivity contribution in [3.63, 3.8) is 0 Å². The Morgan fingerprint density at radius 3 is 2.61 bits per heavy atom. The number of carbonyl (C=O) groups excluding carboxylic acids is 1. The van der Waals surface area contributed by atoms with E-state index in [1.54, 1.807) is 4.90 Å². The van der Waals surface area contributed by atoms with Gasteiger partial charge < -0.3 is 25.7 Å². The fourth-order valence-electron chi connectivity index (χ4n) is 2.64. The summed E-state index contributed by atoms with van der Waals surface area (Å²) in [7, 11) is 0. The minimum Gasteiger partial charge on any atom is -0.480 e. The van der Waals surface area contributed by atoms with E-state index in [-0.39, 0.29) is 19.0 Å². The number of rotatable bonds is 2. The lowest BCUT2D eigenvalue weighted by Crippen LogP contribution is -2.47. The molecule has 3 atom stereocenters. The molecular weight excluding hydrogens is 238 g/mol. The fourth-order valence-corrected chi connectivity index (χ4v) is 2.64. The van der Waals surface area contributed by atoms with Gasteiger partial charge in [0, 0.05) is 26.1 Å². The summed E-state index contributed by atoms with van der Waals surface area (Å²) >= 11 is 0. The highest BCUT2D eigenvalue weighted by molar-refractivity contribution is 5.83. The number of nitrogens with zero attached hydrogens (tertiary/aromatic N) is 2. The van der Waals surface area contributed by atoms with Crippen molar-refractivity contribution in [3.8, 4) is 0 Å². The van der Waals surface area contributed by atoms with Crippen LogP contribution in [0, 0.1) is 5.92 Å². The predicted molar refractivity (Wildman–Crippen MR) is 62.9 cm³/mol. The number of likely N-dealkylation sites (tertiary alicyclic amines) is 2. The second-order valence-corrected chi connectivity index (χ2v) is 5.01. The molecule has 7 heteroatoms. The van der Waals surface area contributed by atoms with Crippen LogP contribution in [0.15, 0.2) is 0 Å². The molecule has 4 N–H and O–H groups in total. The number of aliphatic hydroxyl groups excluding tert-OH is 1. The molecule has 0 aromatic carbocycles. The van der Waals surface area contributed by atoms with Gasteiger partial charge in [-0.15, -0.1) is 0 Å². The monoisotopic (exact) mass is 257 g/mol. The number of carboxylic acids is 1. The average Bonchev–Trinajstić information content (AvgIpc) is 2.94. The Bertz CT molecular complexity index is 349. The van der Waals surface area contributed by atoms with Gasteiger partial charge in [-0.1, -0.05) is 0 Å². The molecule has 2 rings (SSSR count). The summed E-state index contributed by atoms with van der Waals surface area (Å²) in [5.74, 6) is -0.765. The van der Waals surface area contributed by atoms with Crippen molar-refractivity contribution in [2.75, 3.05) is 26.2 Å². The molecule has 2 aliphatic heterocycles. The van der Waals surface area contributed by atoms with Crippen LogP contribution in [0.25, 0.3) is 0 Å². The minimum atomic E-state index is -1.06. The van der Waals surface area contributed by atoms with E-state index < -0.39 is 18.1 Å². The third kappa shape index (κ3) is 2.41. The lowest BCUT2D eigenvalue weighted by atomic mass is 10.1. The van der Waals surface area contributed by atoms with Crippen LogP contribution >= 0.6 is 0 Å². The molecule has 2 heterocycles. The molecule has 7 nitrogen and oxygen atoms in total. The molecule has 2 amide bonds. The number of urea groups is 1. The number of β-amino-alcohol motifs (C(OH)–C–C–N with tert-alkyl or cyclic N) is 1. The Balaban J connectivity index is 2.02. The molecule has 0 aliphatic carbocycles. The zero-order valence-electron chi connectivity index (χ0n) is 10.2. The molecule has 0 bridgehead atoms. The maximum atomic E-state index is 12.2. The van der Waals surface area contributed by atoms with Gasteiger partial charge >= 0.3 is 12.0 Å². The second-order valence-electron chi connectivity index (χ2n) is 5.01. The Morgan fingerprint density at radius 2 is 2.06 bits per heavy atom. The van der Waals surface area contributed by atoms with E-state index in [0.717, 1.165) is 6.42 Å². The van der Waals surface area contributed by atoms with Crippen molar-refractivity contribution < 1.29 is 19.8 Å². The summed E-state index contributed by atoms with van der Waals surface area (Å²) in [5.41, 5.74) is 5.56. The van der Waals surface area contributed by atoms with Crippen LogP contribution < -0.4 is 5.73 Å². The second kappa shape index (κ2) is 5.11. The van der Waals surface area contributed by atoms with E-state index in [1.807, 2.05) is 0 Å². The first-order valence-corrected chi connectivity index (χ1v) is 6.19. The van der Waals surface area contributed by atoms with Gasteiger partial charge in [0.25, 0.3) is 0 Å². The van der Waals surface area contributed by atoms with Gasteiger partial charge in [0.1, 0.15) is 6.04 Å². The fraction of sp³-hybridized carbons (Fsp3) is 0.818. The van der Waals surface area contributed by atoms with E-state index in [0.29, 0.717) is 25.6 Å². The molecule has 2 fully saturated rings. The SMILES string of the molecule is NCC1CCN(C(=O)N2CC(O)CC2C(=O)O)C1. The van der Waals surface area contributed by atoms with Crippen molar-refractivity contribution in [2.45, 2.75) is 25.0 Å². The molecule has 0 radical (unpaired) electrons. The summed E-state index contributed by atoms with van der Waals surface area (Å²) in [6, 6.07) is -1.21. The van der Waals surface area contributed by atoms with Crippen molar-refractivity contribution in [2.24, 2.45) is 11.7 Å². The Kier molecular flexibility index (Phi) is 3.72. The summed E-state index contributed by atoms with van der Waals surface area (Å²) in [5, 5.41) is 18.6. The standard InChI is InChI=1S/C11H19N3O4/c12-4-7-1-2-13(5-7)11(18)14-6-8(15)3-9(14)10(16)17/h7-9,15H,1-6,12H2,(H,16,17). The van der Waals surface area contributed by atoms with E-state index >= 15 is 0 Å². The molecule has 18 heavy (non-hydrogen) atoms. The number of hydrogen-bond donors (Lipinski definition) is 3. The lowest BCUT2D eigenvalue weighted by Gasteiger charge is -2.27. The van der Waals surface area contributed by atoms with Gasteiger partial charge in [0.2, 0.25) is 0 Å². The van der Waals surface area contributed by atoms with Crippen molar-refractivity contribution in [1.29, 1.82) is 0 Å². The number of carbonyl (C=O) groups is 2. The zero-order chi connectivity index (χ0) is 13.3. The first-order chi connectivity index (χ1) is 8.52. The first kappa shape index (κ1) is 13.1. The Labute approximate surface area is 105 Å². The lowest BCUT2D eigenvalue weighted by molar-refractivity contribution is -0.141. The number of hydrogen-bond acceptors (Lipinski definition) is 4. The van der Waals surface area contributed by atoms with Gasteiger partial charge in [0.15, 0.2) is 0 Å². The normalized spacial score (nSPS) is 32.0. The number of carboxylic acid groups (broad SMARTS) is 1. The summed E-state index contributed by atoms with van der Waals surface area (Å²) in [4.78, 5) is 26.1. The predicted octanol–water partition coefficient (Wildman–Crippen LogP) is -1.09. The Hall–Kier alpha value is -1.34. The Morgan fingerprint density at radius 1 is 1.33 bits per heavy atom. The molecule has 2 aliphatic rings. The van der Waals surface area contributed by atoms with Gasteiger partial charge in [-0.3, -0.25) is 0 Å². The molecule has 0 aromatic heterocycles. The first-order valence-electron chi connectivity index (χ1n) is 6.19. The summed E-state index contributed by atoms with van der Waals surface area (Å²) in [6.45, 7) is 1.82. The third-order valence-electron chi connectivity index (χ3n) is 3.70. The van der Waals surface area contributed by atoms with Gasteiger partial charge in [-0.25, -0.2) is 9.59 Å². The van der Waals surface area contributed by atoms with Crippen LogP contribution in [0.4, 0.5) is 4.79 Å². The molecular formula is C11H19N3O4. The van der Waals surface area contributed by atoms with Crippen LogP contribution in [-0.2, 0) is 4.79 Å². The molecule has 2 saturated heterocycles. The largest absolute Gasteiger partial charge is 0.480 e. The third-order valence-corrected chi connectivity index (χ3v) is 3.70. The maximum Gasteiger partial charge on any atom is 0.326 e. The number of aliphatic carboxylic acids is 1. The van der Waals surface area contributed by atoms with Gasteiger partial charge in [-0.05, 0) is 18.9 Å². The quantitative estimate of drug-likeness (QED) is 0.582. The average molecular weight is 257 g/mol. The van der Waals surface area contributed by atoms with Crippen LogP contribution in [0.3, 0.4) is 0 Å². The van der Waals surface area contributed by atoms with Crippen LogP contribution in [0.1, 0.15) is 12.8 Å². The van der Waals surface area contributed by atoms with E-state index in [4.69, 9.17) is 10.8 Å². The molecule has 0 spiro atoms. The zero-order valence-corrected chi connectivity index (χ0v) is 10.2. The highest BCUT2D eigenvalue weighted by Crippen LogP contribution is 2.23. The number of aliphatic hydroxyl groups is 1. The topological polar surface area (TPSA) is 107 Å². The van der Waals surface area contributed by atoms with Crippen LogP contribution in [-0.4, -0.2) is 70.3 Å². The molecule has 0 aromatic rings. The van der Waals surface area contributed by atoms with E-state index in [9.17, 15) is 14.7 Å². The van der Waals surface area contributed by atoms with Crippen molar-refractivity contribution in [3.05, 3.63) is 0 Å². The number of nitrogens with two attached hydrogens (primary N) is 1. The maximum absolute atomic E-state index is 12.2. The molecule has 0 saturated carbocycles.